The normalized spacial score (nSPS) is 11.9. The quantitative estimate of drug-likeness (QED) is 0.799. The number of hydrogen-bond donors (Lipinski definition) is 1. The molecule has 0 spiro atoms. The third-order valence-corrected chi connectivity index (χ3v) is 3.76. The second-order valence-corrected chi connectivity index (χ2v) is 5.90. The highest BCUT2D eigenvalue weighted by molar-refractivity contribution is 7.12. The zero-order valence-corrected chi connectivity index (χ0v) is 13.4. The molecule has 1 N–H and O–H groups in total. The fraction of sp³-hybridized carbons (Fsp3) is 0.500. The Kier molecular flexibility index (Phi) is 6.36. The molecule has 0 aliphatic carbocycles. The van der Waals surface area contributed by atoms with Crippen molar-refractivity contribution in [2.75, 3.05) is 20.7 Å². The summed E-state index contributed by atoms with van der Waals surface area (Å²) in [5, 5.41) is 4.39. The van der Waals surface area contributed by atoms with E-state index in [4.69, 9.17) is 0 Å². The Morgan fingerprint density at radius 1 is 1.38 bits per heavy atom. The van der Waals surface area contributed by atoms with Crippen LogP contribution in [0.1, 0.15) is 23.5 Å². The summed E-state index contributed by atoms with van der Waals surface area (Å²) in [4.78, 5) is 37.4. The van der Waals surface area contributed by atoms with Gasteiger partial charge in [0.25, 0.3) is 5.91 Å². The fourth-order valence-electron chi connectivity index (χ4n) is 1.72. The van der Waals surface area contributed by atoms with E-state index in [1.807, 2.05) is 13.8 Å². The summed E-state index contributed by atoms with van der Waals surface area (Å²) in [5.74, 6) is -1.21. The van der Waals surface area contributed by atoms with Gasteiger partial charge in [0.15, 0.2) is 0 Å². The molecule has 0 bridgehead atoms. The standard InChI is InChI=1S/C14H20N2O4S/c1-9(2)12(14(19)20-4)15-11(17)8-16(3)13(18)10-6-5-7-21-10/h5-7,9,12H,8H2,1-4H3,(H,15,17). The molecule has 0 aliphatic heterocycles. The highest BCUT2D eigenvalue weighted by atomic mass is 32.1. The molecule has 116 valence electrons. The monoisotopic (exact) mass is 312 g/mol. The minimum absolute atomic E-state index is 0.0975. The molecule has 1 aromatic rings. The number of nitrogens with one attached hydrogen (secondary N) is 1. The molecular formula is C14H20N2O4S. The van der Waals surface area contributed by atoms with Crippen molar-refractivity contribution in [1.82, 2.24) is 10.2 Å². The van der Waals surface area contributed by atoms with Gasteiger partial charge in [-0.1, -0.05) is 19.9 Å². The average Bonchev–Trinajstić information content (AvgIpc) is 2.96. The van der Waals surface area contributed by atoms with Gasteiger partial charge in [-0.25, -0.2) is 4.79 Å². The van der Waals surface area contributed by atoms with E-state index in [0.29, 0.717) is 4.88 Å². The number of likely N-dealkylation sites (N-methyl/N-ethyl adjacent to an activating group) is 1. The van der Waals surface area contributed by atoms with E-state index >= 15 is 0 Å². The van der Waals surface area contributed by atoms with Gasteiger partial charge in [0.1, 0.15) is 6.04 Å². The van der Waals surface area contributed by atoms with Gasteiger partial charge < -0.3 is 15.0 Å². The number of ether oxygens (including phenoxy) is 1. The van der Waals surface area contributed by atoms with Crippen molar-refractivity contribution in [3.05, 3.63) is 22.4 Å². The van der Waals surface area contributed by atoms with Crippen LogP contribution in [0.15, 0.2) is 17.5 Å². The van der Waals surface area contributed by atoms with E-state index in [9.17, 15) is 14.4 Å². The lowest BCUT2D eigenvalue weighted by molar-refractivity contribution is -0.146. The first-order chi connectivity index (χ1) is 9.86. The van der Waals surface area contributed by atoms with Crippen molar-refractivity contribution in [3.63, 3.8) is 0 Å². The van der Waals surface area contributed by atoms with Gasteiger partial charge in [-0.15, -0.1) is 11.3 Å². The van der Waals surface area contributed by atoms with E-state index in [-0.39, 0.29) is 18.4 Å². The molecule has 1 heterocycles. The minimum atomic E-state index is -0.715. The van der Waals surface area contributed by atoms with Crippen LogP contribution in [0.2, 0.25) is 0 Å². The van der Waals surface area contributed by atoms with Crippen LogP contribution in [-0.4, -0.2) is 49.4 Å². The predicted octanol–water partition coefficient (Wildman–Crippen LogP) is 1.13. The zero-order chi connectivity index (χ0) is 16.0. The van der Waals surface area contributed by atoms with Gasteiger partial charge >= 0.3 is 5.97 Å². The van der Waals surface area contributed by atoms with Gasteiger partial charge in [-0.2, -0.15) is 0 Å². The molecular weight excluding hydrogens is 292 g/mol. The van der Waals surface area contributed by atoms with Gasteiger partial charge in [-0.05, 0) is 17.4 Å². The molecule has 0 fully saturated rings. The fourth-order valence-corrected chi connectivity index (χ4v) is 2.44. The summed E-state index contributed by atoms with van der Waals surface area (Å²) < 4.78 is 4.65. The van der Waals surface area contributed by atoms with E-state index in [1.165, 1.54) is 23.3 Å². The largest absolute Gasteiger partial charge is 0.467 e. The topological polar surface area (TPSA) is 75.7 Å². The van der Waals surface area contributed by atoms with Crippen molar-refractivity contribution in [1.29, 1.82) is 0 Å². The van der Waals surface area contributed by atoms with Crippen LogP contribution in [-0.2, 0) is 14.3 Å². The van der Waals surface area contributed by atoms with Crippen LogP contribution in [0.3, 0.4) is 0 Å². The number of carbonyl (C=O) groups is 3. The van der Waals surface area contributed by atoms with E-state index in [2.05, 4.69) is 10.1 Å². The summed E-state index contributed by atoms with van der Waals surface area (Å²) in [6.07, 6.45) is 0. The predicted molar refractivity (Wildman–Crippen MR) is 80.1 cm³/mol. The maximum Gasteiger partial charge on any atom is 0.328 e. The second kappa shape index (κ2) is 7.78. The molecule has 0 saturated carbocycles. The molecule has 21 heavy (non-hydrogen) atoms. The van der Waals surface area contributed by atoms with E-state index in [0.717, 1.165) is 0 Å². The SMILES string of the molecule is COC(=O)C(NC(=O)CN(C)C(=O)c1cccs1)C(C)C. The van der Waals surface area contributed by atoms with Crippen molar-refractivity contribution >= 4 is 29.1 Å². The average molecular weight is 312 g/mol. The molecule has 6 nitrogen and oxygen atoms in total. The van der Waals surface area contributed by atoms with Crippen LogP contribution in [0, 0.1) is 5.92 Å². The molecule has 1 unspecified atom stereocenters. The van der Waals surface area contributed by atoms with Gasteiger partial charge in [0.2, 0.25) is 5.91 Å². The highest BCUT2D eigenvalue weighted by Crippen LogP contribution is 2.11. The smallest absolute Gasteiger partial charge is 0.328 e. The third kappa shape index (κ3) is 4.86. The summed E-state index contributed by atoms with van der Waals surface area (Å²) in [6.45, 7) is 3.50. The number of hydrogen-bond acceptors (Lipinski definition) is 5. The van der Waals surface area contributed by atoms with Gasteiger partial charge in [0, 0.05) is 7.05 Å². The van der Waals surface area contributed by atoms with Crippen LogP contribution >= 0.6 is 11.3 Å². The summed E-state index contributed by atoms with van der Waals surface area (Å²) >= 11 is 1.32. The Morgan fingerprint density at radius 2 is 2.05 bits per heavy atom. The lowest BCUT2D eigenvalue weighted by Gasteiger charge is -2.22. The second-order valence-electron chi connectivity index (χ2n) is 4.95. The number of esters is 1. The van der Waals surface area contributed by atoms with Crippen LogP contribution in [0.4, 0.5) is 0 Å². The Balaban J connectivity index is 2.59. The Morgan fingerprint density at radius 3 is 2.52 bits per heavy atom. The van der Waals surface area contributed by atoms with E-state index in [1.54, 1.807) is 24.6 Å². The highest BCUT2D eigenvalue weighted by Gasteiger charge is 2.26. The maximum absolute atomic E-state index is 12.0. The molecule has 1 aromatic heterocycles. The number of amides is 2. The molecule has 0 saturated heterocycles. The number of carbonyl (C=O) groups excluding carboxylic acids is 3. The zero-order valence-electron chi connectivity index (χ0n) is 12.6. The lowest BCUT2D eigenvalue weighted by atomic mass is 10.0. The van der Waals surface area contributed by atoms with Crippen molar-refractivity contribution in [2.24, 2.45) is 5.92 Å². The molecule has 7 heteroatoms. The summed E-state index contributed by atoms with van der Waals surface area (Å²) in [5.41, 5.74) is 0. The van der Waals surface area contributed by atoms with Crippen LogP contribution < -0.4 is 5.32 Å². The molecule has 1 atom stereocenters. The number of thiophene rings is 1. The first-order valence-corrected chi connectivity index (χ1v) is 7.41. The van der Waals surface area contributed by atoms with Crippen LogP contribution in [0.5, 0.6) is 0 Å². The maximum atomic E-state index is 12.0. The number of rotatable bonds is 6. The van der Waals surface area contributed by atoms with Gasteiger partial charge in [0.05, 0.1) is 18.5 Å². The Labute approximate surface area is 128 Å². The number of nitrogens with zero attached hydrogens (tertiary/aromatic N) is 1. The Hall–Kier alpha value is -1.89. The third-order valence-electron chi connectivity index (χ3n) is 2.90. The lowest BCUT2D eigenvalue weighted by Crippen LogP contribution is -2.48. The molecule has 0 aromatic carbocycles. The van der Waals surface area contributed by atoms with E-state index < -0.39 is 17.9 Å². The summed E-state index contributed by atoms with van der Waals surface area (Å²) in [6, 6.07) is 2.76. The molecule has 1 rings (SSSR count). The summed E-state index contributed by atoms with van der Waals surface area (Å²) in [7, 11) is 2.82. The van der Waals surface area contributed by atoms with Crippen molar-refractivity contribution < 1.29 is 19.1 Å². The minimum Gasteiger partial charge on any atom is -0.467 e. The Bertz CT molecular complexity index is 499. The first kappa shape index (κ1) is 17.2. The molecule has 0 radical (unpaired) electrons. The van der Waals surface area contributed by atoms with Crippen LogP contribution in [0.25, 0.3) is 0 Å². The first-order valence-electron chi connectivity index (χ1n) is 6.53. The molecule has 0 aliphatic rings. The van der Waals surface area contributed by atoms with Gasteiger partial charge in [-0.3, -0.25) is 9.59 Å². The van der Waals surface area contributed by atoms with Crippen molar-refractivity contribution in [2.45, 2.75) is 19.9 Å². The number of methoxy groups -OCH3 is 1. The van der Waals surface area contributed by atoms with Crippen molar-refractivity contribution in [3.8, 4) is 0 Å². The molecule has 2 amide bonds.